The van der Waals surface area contributed by atoms with Crippen LogP contribution in [0.25, 0.3) is 0 Å². The summed E-state index contributed by atoms with van der Waals surface area (Å²) in [5.41, 5.74) is 4.74. The normalized spacial score (nSPS) is 18.7. The van der Waals surface area contributed by atoms with E-state index in [1.807, 2.05) is 0 Å². The summed E-state index contributed by atoms with van der Waals surface area (Å²) in [6.07, 6.45) is 17.0. The van der Waals surface area contributed by atoms with Crippen molar-refractivity contribution in [2.45, 2.75) is 130 Å². The fourth-order valence-corrected chi connectivity index (χ4v) is 5.21. The Labute approximate surface area is 188 Å². The molecule has 0 fully saturated rings. The predicted octanol–water partition coefficient (Wildman–Crippen LogP) is 8.37. The van der Waals surface area contributed by atoms with Gasteiger partial charge >= 0.3 is 0 Å². The molecule has 1 aromatic carbocycles. The van der Waals surface area contributed by atoms with Crippen LogP contribution in [0.15, 0.2) is 18.2 Å². The van der Waals surface area contributed by atoms with Gasteiger partial charge in [0.1, 0.15) is 0 Å². The molecule has 1 aliphatic heterocycles. The minimum atomic E-state index is 0.675. The minimum Gasteiger partial charge on any atom is -0.365 e. The average Bonchev–Trinajstić information content (AvgIpc) is 2.77. The number of benzene rings is 1. The number of anilines is 2. The molecule has 0 bridgehead atoms. The van der Waals surface area contributed by atoms with Crippen molar-refractivity contribution in [2.24, 2.45) is 0 Å². The molecule has 0 N–H and O–H groups in total. The lowest BCUT2D eigenvalue weighted by Gasteiger charge is -2.52. The molecule has 0 radical (unpaired) electrons. The van der Waals surface area contributed by atoms with Crippen molar-refractivity contribution < 1.29 is 0 Å². The van der Waals surface area contributed by atoms with E-state index in [2.05, 4.69) is 62.6 Å². The second kappa shape index (κ2) is 14.0. The van der Waals surface area contributed by atoms with Gasteiger partial charge in [0, 0.05) is 25.2 Å². The van der Waals surface area contributed by atoms with E-state index in [0.29, 0.717) is 12.1 Å². The number of unbranched alkanes of at least 4 members (excludes halogenated alkanes) is 5. The highest BCUT2D eigenvalue weighted by Gasteiger charge is 2.38. The lowest BCUT2D eigenvalue weighted by molar-refractivity contribution is 0.376. The average molecular weight is 415 g/mol. The first-order valence-electron chi connectivity index (χ1n) is 13.4. The lowest BCUT2D eigenvalue weighted by atomic mass is 9.88. The van der Waals surface area contributed by atoms with Gasteiger partial charge in [0.15, 0.2) is 0 Å². The molecule has 2 heteroatoms. The van der Waals surface area contributed by atoms with Gasteiger partial charge < -0.3 is 9.80 Å². The zero-order chi connectivity index (χ0) is 21.8. The molecular formula is C28H50N2. The lowest BCUT2D eigenvalue weighted by Crippen LogP contribution is -2.57. The van der Waals surface area contributed by atoms with E-state index in [0.717, 1.165) is 0 Å². The summed E-state index contributed by atoms with van der Waals surface area (Å²) in [5, 5.41) is 0. The Bertz CT molecular complexity index is 582. The summed E-state index contributed by atoms with van der Waals surface area (Å²) in [4.78, 5) is 5.75. The van der Waals surface area contributed by atoms with Crippen LogP contribution in [0.1, 0.15) is 117 Å². The van der Waals surface area contributed by atoms with Gasteiger partial charge in [-0.2, -0.15) is 0 Å². The van der Waals surface area contributed by atoms with Crippen LogP contribution < -0.4 is 9.80 Å². The third kappa shape index (κ3) is 6.41. The van der Waals surface area contributed by atoms with E-state index in [9.17, 15) is 0 Å². The molecule has 2 nitrogen and oxygen atoms in total. The van der Waals surface area contributed by atoms with Crippen molar-refractivity contribution in [1.82, 2.24) is 0 Å². The SMILES string of the molecule is CCCCc1cccc2c1N(CCCC)C(CCCC)C(CCCC)N2CCCC. The standard InChI is InChI=1S/C28H50N2/c1-6-11-17-24-18-16-21-27-28(24)30(23-15-10-5)26(20-13-8-3)25(19-12-7-2)29(27)22-14-9-4/h16,18,21,25-26H,6-15,17,19-20,22-23H2,1-5H3. The number of aryl methyl sites for hydroxylation is 1. The molecule has 0 saturated carbocycles. The van der Waals surface area contributed by atoms with Gasteiger partial charge in [0.25, 0.3) is 0 Å². The maximum atomic E-state index is 2.89. The zero-order valence-electron chi connectivity index (χ0n) is 20.9. The Balaban J connectivity index is 2.55. The first kappa shape index (κ1) is 25.1. The first-order valence-corrected chi connectivity index (χ1v) is 13.4. The van der Waals surface area contributed by atoms with Gasteiger partial charge in [-0.25, -0.2) is 0 Å². The van der Waals surface area contributed by atoms with Crippen LogP contribution in [0.5, 0.6) is 0 Å². The molecule has 0 aliphatic carbocycles. The molecule has 0 amide bonds. The molecule has 0 aromatic heterocycles. The number of para-hydroxylation sites is 1. The van der Waals surface area contributed by atoms with Gasteiger partial charge in [-0.15, -0.1) is 0 Å². The molecule has 172 valence electrons. The van der Waals surface area contributed by atoms with E-state index >= 15 is 0 Å². The Kier molecular flexibility index (Phi) is 11.7. The van der Waals surface area contributed by atoms with Crippen LogP contribution in [0, 0.1) is 0 Å². The van der Waals surface area contributed by atoms with Crippen molar-refractivity contribution in [3.05, 3.63) is 23.8 Å². The Morgan fingerprint density at radius 3 is 1.73 bits per heavy atom. The summed E-state index contributed by atoms with van der Waals surface area (Å²) in [6, 6.07) is 8.55. The highest BCUT2D eigenvalue weighted by molar-refractivity contribution is 5.78. The number of rotatable bonds is 15. The van der Waals surface area contributed by atoms with Gasteiger partial charge in [0.05, 0.1) is 11.4 Å². The third-order valence-electron chi connectivity index (χ3n) is 6.95. The van der Waals surface area contributed by atoms with Crippen LogP contribution in [0.3, 0.4) is 0 Å². The molecule has 0 spiro atoms. The maximum Gasteiger partial charge on any atom is 0.0639 e. The van der Waals surface area contributed by atoms with Crippen molar-refractivity contribution in [3.8, 4) is 0 Å². The molecule has 1 heterocycles. The van der Waals surface area contributed by atoms with E-state index in [-0.39, 0.29) is 0 Å². The molecule has 30 heavy (non-hydrogen) atoms. The fraction of sp³-hybridized carbons (Fsp3) is 0.786. The zero-order valence-corrected chi connectivity index (χ0v) is 20.9. The van der Waals surface area contributed by atoms with Crippen molar-refractivity contribution >= 4 is 11.4 Å². The second-order valence-corrected chi connectivity index (χ2v) is 9.40. The topological polar surface area (TPSA) is 6.48 Å². The second-order valence-electron chi connectivity index (χ2n) is 9.40. The summed E-state index contributed by atoms with van der Waals surface area (Å²) < 4.78 is 0. The van der Waals surface area contributed by atoms with Gasteiger partial charge in [-0.05, 0) is 50.2 Å². The molecular weight excluding hydrogens is 364 g/mol. The quantitative estimate of drug-likeness (QED) is 0.284. The van der Waals surface area contributed by atoms with Crippen LogP contribution in [0.2, 0.25) is 0 Å². The molecule has 2 unspecified atom stereocenters. The van der Waals surface area contributed by atoms with Crippen molar-refractivity contribution in [1.29, 1.82) is 0 Å². The number of hydrogen-bond donors (Lipinski definition) is 0. The summed E-state index contributed by atoms with van der Waals surface area (Å²) in [6.45, 7) is 14.2. The van der Waals surface area contributed by atoms with Crippen LogP contribution in [-0.4, -0.2) is 25.2 Å². The molecule has 1 aromatic rings. The van der Waals surface area contributed by atoms with Gasteiger partial charge in [-0.3, -0.25) is 0 Å². The Morgan fingerprint density at radius 2 is 1.17 bits per heavy atom. The number of fused-ring (bicyclic) bond motifs is 1. The fourth-order valence-electron chi connectivity index (χ4n) is 5.21. The maximum absolute atomic E-state index is 2.89. The van der Waals surface area contributed by atoms with E-state index in [4.69, 9.17) is 0 Å². The first-order chi connectivity index (χ1) is 14.7. The van der Waals surface area contributed by atoms with E-state index in [1.165, 1.54) is 96.6 Å². The van der Waals surface area contributed by atoms with E-state index in [1.54, 1.807) is 16.9 Å². The minimum absolute atomic E-state index is 0.675. The van der Waals surface area contributed by atoms with Crippen LogP contribution >= 0.6 is 0 Å². The monoisotopic (exact) mass is 414 g/mol. The van der Waals surface area contributed by atoms with E-state index < -0.39 is 0 Å². The van der Waals surface area contributed by atoms with Crippen LogP contribution in [0.4, 0.5) is 11.4 Å². The molecule has 0 saturated heterocycles. The third-order valence-corrected chi connectivity index (χ3v) is 6.95. The van der Waals surface area contributed by atoms with Crippen molar-refractivity contribution in [2.75, 3.05) is 22.9 Å². The number of hydrogen-bond acceptors (Lipinski definition) is 2. The highest BCUT2D eigenvalue weighted by Crippen LogP contribution is 2.44. The molecule has 1 aliphatic rings. The van der Waals surface area contributed by atoms with Gasteiger partial charge in [0.2, 0.25) is 0 Å². The summed E-state index contributed by atoms with van der Waals surface area (Å²) >= 11 is 0. The summed E-state index contributed by atoms with van der Waals surface area (Å²) in [7, 11) is 0. The molecule has 2 atom stereocenters. The Hall–Kier alpha value is -1.18. The highest BCUT2D eigenvalue weighted by atomic mass is 15.3. The molecule has 2 rings (SSSR count). The number of nitrogens with zero attached hydrogens (tertiary/aromatic N) is 2. The van der Waals surface area contributed by atoms with Crippen molar-refractivity contribution in [3.63, 3.8) is 0 Å². The predicted molar refractivity (Wildman–Crippen MR) is 136 cm³/mol. The van der Waals surface area contributed by atoms with Gasteiger partial charge in [-0.1, -0.05) is 91.7 Å². The smallest absolute Gasteiger partial charge is 0.0639 e. The van der Waals surface area contributed by atoms with Crippen LogP contribution in [-0.2, 0) is 6.42 Å². The Morgan fingerprint density at radius 1 is 0.633 bits per heavy atom. The largest absolute Gasteiger partial charge is 0.365 e. The summed E-state index contributed by atoms with van der Waals surface area (Å²) in [5.74, 6) is 0.